The van der Waals surface area contributed by atoms with Gasteiger partial charge in [0.1, 0.15) is 5.69 Å². The van der Waals surface area contributed by atoms with Crippen LogP contribution >= 0.6 is 0 Å². The van der Waals surface area contributed by atoms with Gasteiger partial charge in [0.2, 0.25) is 0 Å². The number of aromatic nitrogens is 1. The van der Waals surface area contributed by atoms with Gasteiger partial charge < -0.3 is 14.7 Å². The standard InChI is InChI=1S/C14H9F3N2O2/c15-14(16,17)8-2-1-3-9(6-8)18-13(20)11-7-12-10(19-11)4-5-21-12/h1-7,19H,(H,18,20). The van der Waals surface area contributed by atoms with E-state index in [2.05, 4.69) is 10.3 Å². The fraction of sp³-hybridized carbons (Fsp3) is 0.0714. The second-order valence-corrected chi connectivity index (χ2v) is 4.41. The maximum atomic E-state index is 12.6. The van der Waals surface area contributed by atoms with Crippen molar-refractivity contribution in [3.63, 3.8) is 0 Å². The first-order valence-electron chi connectivity index (χ1n) is 5.98. The molecule has 108 valence electrons. The molecule has 0 aliphatic carbocycles. The molecule has 21 heavy (non-hydrogen) atoms. The monoisotopic (exact) mass is 294 g/mol. The maximum absolute atomic E-state index is 12.6. The number of hydrogen-bond donors (Lipinski definition) is 2. The molecule has 0 spiro atoms. The minimum atomic E-state index is -4.45. The SMILES string of the molecule is O=C(Nc1cccc(C(F)(F)F)c1)c1cc2occc2[nH]1. The van der Waals surface area contributed by atoms with Gasteiger partial charge in [-0.3, -0.25) is 4.79 Å². The van der Waals surface area contributed by atoms with Crippen molar-refractivity contribution in [1.29, 1.82) is 0 Å². The summed E-state index contributed by atoms with van der Waals surface area (Å²) in [5, 5.41) is 2.41. The van der Waals surface area contributed by atoms with Crippen LogP contribution in [0.4, 0.5) is 18.9 Å². The van der Waals surface area contributed by atoms with Gasteiger partial charge in [-0.15, -0.1) is 0 Å². The average molecular weight is 294 g/mol. The molecule has 0 atom stereocenters. The first kappa shape index (κ1) is 13.3. The minimum Gasteiger partial charge on any atom is -0.463 e. The van der Waals surface area contributed by atoms with Crippen LogP contribution in [0.15, 0.2) is 47.1 Å². The third-order valence-corrected chi connectivity index (χ3v) is 2.93. The molecule has 3 aromatic rings. The van der Waals surface area contributed by atoms with E-state index >= 15 is 0 Å². The van der Waals surface area contributed by atoms with E-state index in [1.165, 1.54) is 24.5 Å². The quantitative estimate of drug-likeness (QED) is 0.749. The summed E-state index contributed by atoms with van der Waals surface area (Å²) in [7, 11) is 0. The predicted molar refractivity (Wildman–Crippen MR) is 70.0 cm³/mol. The Morgan fingerprint density at radius 1 is 1.19 bits per heavy atom. The smallest absolute Gasteiger partial charge is 0.416 e. The first-order valence-corrected chi connectivity index (χ1v) is 5.98. The van der Waals surface area contributed by atoms with Gasteiger partial charge in [0.15, 0.2) is 5.58 Å². The number of anilines is 1. The summed E-state index contributed by atoms with van der Waals surface area (Å²) >= 11 is 0. The number of fused-ring (bicyclic) bond motifs is 1. The Kier molecular flexibility index (Phi) is 2.97. The second-order valence-electron chi connectivity index (χ2n) is 4.41. The second kappa shape index (κ2) is 4.69. The lowest BCUT2D eigenvalue weighted by Gasteiger charge is -2.09. The lowest BCUT2D eigenvalue weighted by atomic mass is 10.2. The molecule has 1 aromatic carbocycles. The number of rotatable bonds is 2. The molecule has 0 saturated carbocycles. The third kappa shape index (κ3) is 2.62. The summed E-state index contributed by atoms with van der Waals surface area (Å²) in [5.74, 6) is -0.541. The first-order chi connectivity index (χ1) is 9.93. The molecule has 3 rings (SSSR count). The molecule has 2 N–H and O–H groups in total. The van der Waals surface area contributed by atoms with E-state index in [0.717, 1.165) is 12.1 Å². The van der Waals surface area contributed by atoms with Gasteiger partial charge in [-0.05, 0) is 18.2 Å². The van der Waals surface area contributed by atoms with Crippen molar-refractivity contribution < 1.29 is 22.4 Å². The molecule has 4 nitrogen and oxygen atoms in total. The van der Waals surface area contributed by atoms with E-state index in [1.54, 1.807) is 6.07 Å². The average Bonchev–Trinajstić information content (AvgIpc) is 2.98. The van der Waals surface area contributed by atoms with Crippen molar-refractivity contribution in [2.45, 2.75) is 6.18 Å². The number of carbonyl (C=O) groups excluding carboxylic acids is 1. The Bertz CT molecular complexity index is 773. The van der Waals surface area contributed by atoms with Crippen LogP contribution < -0.4 is 5.32 Å². The lowest BCUT2D eigenvalue weighted by Crippen LogP contribution is -2.13. The van der Waals surface area contributed by atoms with E-state index in [0.29, 0.717) is 11.1 Å². The largest absolute Gasteiger partial charge is 0.463 e. The predicted octanol–water partition coefficient (Wildman–Crippen LogP) is 4.03. The topological polar surface area (TPSA) is 58.0 Å². The highest BCUT2D eigenvalue weighted by Gasteiger charge is 2.30. The van der Waals surface area contributed by atoms with Crippen molar-refractivity contribution in [3.8, 4) is 0 Å². The number of alkyl halides is 3. The van der Waals surface area contributed by atoms with Crippen LogP contribution in [0.1, 0.15) is 16.1 Å². The molecule has 0 aliphatic rings. The van der Waals surface area contributed by atoms with E-state index < -0.39 is 17.6 Å². The van der Waals surface area contributed by atoms with E-state index in [-0.39, 0.29) is 11.4 Å². The molecular formula is C14H9F3N2O2. The van der Waals surface area contributed by atoms with Gasteiger partial charge in [0, 0.05) is 17.8 Å². The summed E-state index contributed by atoms with van der Waals surface area (Å²) in [4.78, 5) is 14.8. The fourth-order valence-corrected chi connectivity index (χ4v) is 1.94. The highest BCUT2D eigenvalue weighted by Crippen LogP contribution is 2.30. The van der Waals surface area contributed by atoms with Gasteiger partial charge >= 0.3 is 6.18 Å². The zero-order chi connectivity index (χ0) is 15.0. The lowest BCUT2D eigenvalue weighted by molar-refractivity contribution is -0.137. The molecule has 1 amide bonds. The molecule has 2 aromatic heterocycles. The van der Waals surface area contributed by atoms with Crippen LogP contribution in [0.5, 0.6) is 0 Å². The van der Waals surface area contributed by atoms with Crippen LogP contribution in [0.25, 0.3) is 11.1 Å². The Morgan fingerprint density at radius 2 is 2.00 bits per heavy atom. The summed E-state index contributed by atoms with van der Waals surface area (Å²) in [6.07, 6.45) is -2.98. The highest BCUT2D eigenvalue weighted by molar-refractivity contribution is 6.05. The molecule has 0 radical (unpaired) electrons. The summed E-state index contributed by atoms with van der Waals surface area (Å²) in [5.41, 5.74) is 0.608. The number of H-pyrrole nitrogens is 1. The van der Waals surface area contributed by atoms with Gasteiger partial charge in [-0.1, -0.05) is 6.07 Å². The molecule has 7 heteroatoms. The van der Waals surface area contributed by atoms with Crippen LogP contribution in [0, 0.1) is 0 Å². The molecule has 0 fully saturated rings. The van der Waals surface area contributed by atoms with Gasteiger partial charge in [-0.25, -0.2) is 0 Å². The van der Waals surface area contributed by atoms with E-state index in [1.807, 2.05) is 0 Å². The zero-order valence-electron chi connectivity index (χ0n) is 10.5. The Labute approximate surface area is 116 Å². The van der Waals surface area contributed by atoms with Crippen LogP contribution in [0.3, 0.4) is 0 Å². The maximum Gasteiger partial charge on any atom is 0.416 e. The van der Waals surface area contributed by atoms with Crippen molar-refractivity contribution in [3.05, 3.63) is 53.9 Å². The molecule has 0 aliphatic heterocycles. The van der Waals surface area contributed by atoms with Crippen molar-refractivity contribution in [2.75, 3.05) is 5.32 Å². The van der Waals surface area contributed by atoms with Crippen LogP contribution in [-0.2, 0) is 6.18 Å². The van der Waals surface area contributed by atoms with Crippen molar-refractivity contribution >= 4 is 22.7 Å². The third-order valence-electron chi connectivity index (χ3n) is 2.93. The highest BCUT2D eigenvalue weighted by atomic mass is 19.4. The van der Waals surface area contributed by atoms with Crippen molar-refractivity contribution in [1.82, 2.24) is 4.98 Å². The number of carbonyl (C=O) groups is 1. The van der Waals surface area contributed by atoms with E-state index in [9.17, 15) is 18.0 Å². The number of benzene rings is 1. The fourth-order valence-electron chi connectivity index (χ4n) is 1.94. The summed E-state index contributed by atoms with van der Waals surface area (Å²) < 4.78 is 42.9. The van der Waals surface area contributed by atoms with Crippen LogP contribution in [0.2, 0.25) is 0 Å². The Balaban J connectivity index is 1.83. The molecular weight excluding hydrogens is 285 g/mol. The summed E-state index contributed by atoms with van der Waals surface area (Å²) in [6, 6.07) is 7.58. The number of amides is 1. The van der Waals surface area contributed by atoms with Crippen molar-refractivity contribution in [2.24, 2.45) is 0 Å². The van der Waals surface area contributed by atoms with Gasteiger partial charge in [0.05, 0.1) is 17.3 Å². The van der Waals surface area contributed by atoms with Gasteiger partial charge in [0.25, 0.3) is 5.91 Å². The molecule has 0 saturated heterocycles. The normalized spacial score (nSPS) is 11.8. The number of hydrogen-bond acceptors (Lipinski definition) is 2. The molecule has 0 unspecified atom stereocenters. The minimum absolute atomic E-state index is 0.0704. The number of nitrogens with one attached hydrogen (secondary N) is 2. The van der Waals surface area contributed by atoms with E-state index in [4.69, 9.17) is 4.42 Å². The van der Waals surface area contributed by atoms with Crippen LogP contribution in [-0.4, -0.2) is 10.9 Å². The molecule has 0 bridgehead atoms. The number of halogens is 3. The Morgan fingerprint density at radius 3 is 2.71 bits per heavy atom. The number of furan rings is 1. The Hall–Kier alpha value is -2.70. The molecule has 2 heterocycles. The van der Waals surface area contributed by atoms with Gasteiger partial charge in [-0.2, -0.15) is 13.2 Å². The summed E-state index contributed by atoms with van der Waals surface area (Å²) in [6.45, 7) is 0. The zero-order valence-corrected chi connectivity index (χ0v) is 10.5. The number of aromatic amines is 1.